The molecule has 35 heavy (non-hydrogen) atoms. The van der Waals surface area contributed by atoms with E-state index in [1.807, 2.05) is 28.8 Å². The maximum Gasteiger partial charge on any atom is 0.240 e. The smallest absolute Gasteiger partial charge is 0.240 e. The summed E-state index contributed by atoms with van der Waals surface area (Å²) in [5, 5.41) is 6.22. The number of anilines is 1. The highest BCUT2D eigenvalue weighted by molar-refractivity contribution is 5.97. The molecular weight excluding hydrogens is 440 g/mol. The average Bonchev–Trinajstić information content (AvgIpc) is 3.34. The van der Waals surface area contributed by atoms with Crippen molar-refractivity contribution in [1.82, 2.24) is 14.6 Å². The van der Waals surface area contributed by atoms with Crippen LogP contribution in [0.5, 0.6) is 17.4 Å². The van der Waals surface area contributed by atoms with Crippen LogP contribution in [0.3, 0.4) is 0 Å². The molecule has 7 heteroatoms. The van der Waals surface area contributed by atoms with Gasteiger partial charge in [-0.1, -0.05) is 53.7 Å². The molecule has 2 aromatic heterocycles. The van der Waals surface area contributed by atoms with Gasteiger partial charge in [-0.15, -0.1) is 0 Å². The molecule has 0 aliphatic heterocycles. The van der Waals surface area contributed by atoms with Crippen molar-refractivity contribution in [3.05, 3.63) is 47.5 Å². The Hall–Kier alpha value is -3.48. The monoisotopic (exact) mass is 476 g/mol. The number of hydrogen-bond donors (Lipinski definition) is 2. The third kappa shape index (κ3) is 4.47. The summed E-state index contributed by atoms with van der Waals surface area (Å²) in [5.74, 6) is 1.72. The Morgan fingerprint density at radius 1 is 1.06 bits per heavy atom. The number of fused-ring (bicyclic) bond motifs is 3. The van der Waals surface area contributed by atoms with Gasteiger partial charge < -0.3 is 14.8 Å². The molecule has 0 unspecified atom stereocenters. The molecular formula is C28H36N4O3. The largest absolute Gasteiger partial charge is 0.497 e. The van der Waals surface area contributed by atoms with Crippen molar-refractivity contribution in [2.24, 2.45) is 0 Å². The van der Waals surface area contributed by atoms with Gasteiger partial charge in [0.2, 0.25) is 11.8 Å². The van der Waals surface area contributed by atoms with Gasteiger partial charge in [0.1, 0.15) is 17.2 Å². The SMILES string of the molecule is CCC(C)(C)c1ccc(Oc2[nH]n3c(nc4cc(OC)ccc43)c2NC(C)=O)c(C(C)(C)CC)c1. The molecule has 0 saturated heterocycles. The van der Waals surface area contributed by atoms with E-state index in [1.54, 1.807) is 7.11 Å². The van der Waals surface area contributed by atoms with Gasteiger partial charge in [-0.3, -0.25) is 9.89 Å². The molecule has 0 saturated carbocycles. The lowest BCUT2D eigenvalue weighted by Gasteiger charge is -2.30. The Bertz CT molecular complexity index is 1390. The van der Waals surface area contributed by atoms with Gasteiger partial charge in [0.05, 0.1) is 18.1 Å². The van der Waals surface area contributed by atoms with Crippen LogP contribution in [0, 0.1) is 0 Å². The van der Waals surface area contributed by atoms with E-state index in [0.29, 0.717) is 17.2 Å². The van der Waals surface area contributed by atoms with Crippen molar-refractivity contribution in [3.63, 3.8) is 0 Å². The molecule has 186 valence electrons. The third-order valence-corrected chi connectivity index (χ3v) is 7.30. The standard InChI is InChI=1S/C28H36N4O3/c1-9-27(4,5)18-11-14-23(20(15-18)28(6,7)10-2)35-26-24(29-17(3)33)25-30-21-16-19(34-8)12-13-22(21)32(25)31-26/h11-16,31H,9-10H2,1-8H3,(H,29,33). The number of aromatic nitrogens is 3. The number of nitrogens with one attached hydrogen (secondary N) is 2. The van der Waals surface area contributed by atoms with Gasteiger partial charge in [0, 0.05) is 18.6 Å². The summed E-state index contributed by atoms with van der Waals surface area (Å²) in [4.78, 5) is 16.8. The van der Waals surface area contributed by atoms with E-state index in [2.05, 4.69) is 64.1 Å². The second-order valence-electron chi connectivity index (χ2n) is 10.4. The number of H-pyrrole nitrogens is 1. The zero-order valence-electron chi connectivity index (χ0n) is 22.0. The molecule has 4 aromatic rings. The number of carbonyl (C=O) groups excluding carboxylic acids is 1. The highest BCUT2D eigenvalue weighted by atomic mass is 16.5. The Morgan fingerprint density at radius 2 is 1.77 bits per heavy atom. The molecule has 2 N–H and O–H groups in total. The van der Waals surface area contributed by atoms with E-state index in [0.717, 1.165) is 40.9 Å². The molecule has 7 nitrogen and oxygen atoms in total. The molecule has 2 heterocycles. The molecule has 0 spiro atoms. The van der Waals surface area contributed by atoms with E-state index < -0.39 is 0 Å². The van der Waals surface area contributed by atoms with E-state index in [-0.39, 0.29) is 16.7 Å². The van der Waals surface area contributed by atoms with Gasteiger partial charge in [-0.25, -0.2) is 9.50 Å². The van der Waals surface area contributed by atoms with Crippen molar-refractivity contribution < 1.29 is 14.3 Å². The van der Waals surface area contributed by atoms with Gasteiger partial charge in [-0.2, -0.15) is 0 Å². The number of amides is 1. The minimum Gasteiger partial charge on any atom is -0.497 e. The van der Waals surface area contributed by atoms with Crippen molar-refractivity contribution in [3.8, 4) is 17.4 Å². The topological polar surface area (TPSA) is 80.7 Å². The Kier molecular flexibility index (Phi) is 6.30. The van der Waals surface area contributed by atoms with Gasteiger partial charge in [-0.05, 0) is 47.4 Å². The predicted octanol–water partition coefficient (Wildman–Crippen LogP) is 6.95. The average molecular weight is 477 g/mol. The van der Waals surface area contributed by atoms with Crippen LogP contribution in [0.25, 0.3) is 16.7 Å². The Balaban J connectivity index is 1.87. The first-order valence-electron chi connectivity index (χ1n) is 12.2. The van der Waals surface area contributed by atoms with Crippen molar-refractivity contribution in [2.45, 2.75) is 72.1 Å². The first-order valence-corrected chi connectivity index (χ1v) is 12.2. The number of methoxy groups -OCH3 is 1. The number of aromatic amines is 1. The molecule has 0 aliphatic carbocycles. The minimum absolute atomic E-state index is 0.0611. The number of ether oxygens (including phenoxy) is 2. The van der Waals surface area contributed by atoms with Crippen molar-refractivity contribution in [1.29, 1.82) is 0 Å². The first kappa shape index (κ1) is 24.6. The predicted molar refractivity (Wildman–Crippen MR) is 141 cm³/mol. The van der Waals surface area contributed by atoms with E-state index in [1.165, 1.54) is 12.5 Å². The lowest BCUT2D eigenvalue weighted by atomic mass is 9.76. The summed E-state index contributed by atoms with van der Waals surface area (Å²) < 4.78 is 13.7. The molecule has 0 fully saturated rings. The van der Waals surface area contributed by atoms with Crippen LogP contribution in [-0.2, 0) is 15.6 Å². The lowest BCUT2D eigenvalue weighted by Crippen LogP contribution is -2.21. The van der Waals surface area contributed by atoms with E-state index >= 15 is 0 Å². The number of benzene rings is 2. The normalized spacial score (nSPS) is 12.3. The second kappa shape index (κ2) is 8.95. The molecule has 0 radical (unpaired) electrons. The first-order chi connectivity index (χ1) is 16.5. The quantitative estimate of drug-likeness (QED) is 0.288. The molecule has 0 aliphatic rings. The lowest BCUT2D eigenvalue weighted by molar-refractivity contribution is -0.114. The number of rotatable bonds is 8. The van der Waals surface area contributed by atoms with Crippen molar-refractivity contribution in [2.75, 3.05) is 12.4 Å². The highest BCUT2D eigenvalue weighted by Gasteiger charge is 2.28. The molecule has 0 atom stereocenters. The summed E-state index contributed by atoms with van der Waals surface area (Å²) in [5.41, 5.74) is 5.08. The summed E-state index contributed by atoms with van der Waals surface area (Å²) in [7, 11) is 1.63. The van der Waals surface area contributed by atoms with Crippen LogP contribution in [0.15, 0.2) is 36.4 Å². The molecule has 1 amide bonds. The zero-order valence-corrected chi connectivity index (χ0v) is 22.0. The molecule has 2 aromatic carbocycles. The van der Waals surface area contributed by atoms with Crippen LogP contribution in [0.2, 0.25) is 0 Å². The van der Waals surface area contributed by atoms with Crippen LogP contribution in [-0.4, -0.2) is 27.6 Å². The summed E-state index contributed by atoms with van der Waals surface area (Å²) in [6.07, 6.45) is 2.00. The maximum absolute atomic E-state index is 12.1. The van der Waals surface area contributed by atoms with Gasteiger partial charge in [0.25, 0.3) is 0 Å². The molecule has 4 rings (SSSR count). The number of carbonyl (C=O) groups is 1. The Morgan fingerprint density at radius 3 is 2.40 bits per heavy atom. The Labute approximate surface area is 206 Å². The van der Waals surface area contributed by atoms with Crippen LogP contribution in [0.1, 0.15) is 72.4 Å². The fourth-order valence-electron chi connectivity index (χ4n) is 4.16. The van der Waals surface area contributed by atoms with Gasteiger partial charge in [0.15, 0.2) is 5.65 Å². The summed E-state index contributed by atoms with van der Waals surface area (Å²) >= 11 is 0. The summed E-state index contributed by atoms with van der Waals surface area (Å²) in [6, 6.07) is 12.1. The summed E-state index contributed by atoms with van der Waals surface area (Å²) in [6.45, 7) is 14.9. The van der Waals surface area contributed by atoms with Crippen LogP contribution >= 0.6 is 0 Å². The number of nitrogens with zero attached hydrogens (tertiary/aromatic N) is 2. The fourth-order valence-corrected chi connectivity index (χ4v) is 4.16. The zero-order chi connectivity index (χ0) is 25.5. The second-order valence-corrected chi connectivity index (χ2v) is 10.4. The fraction of sp³-hybridized carbons (Fsp3) is 0.429. The molecule has 0 bridgehead atoms. The highest BCUT2D eigenvalue weighted by Crippen LogP contribution is 2.42. The maximum atomic E-state index is 12.1. The van der Waals surface area contributed by atoms with Gasteiger partial charge >= 0.3 is 0 Å². The number of hydrogen-bond acceptors (Lipinski definition) is 4. The third-order valence-electron chi connectivity index (χ3n) is 7.30. The number of imidazole rings is 1. The van der Waals surface area contributed by atoms with Crippen molar-refractivity contribution >= 4 is 28.3 Å². The minimum atomic E-state index is -0.199. The van der Waals surface area contributed by atoms with E-state index in [4.69, 9.17) is 14.5 Å². The van der Waals surface area contributed by atoms with Crippen LogP contribution < -0.4 is 14.8 Å². The van der Waals surface area contributed by atoms with E-state index in [9.17, 15) is 4.79 Å². The van der Waals surface area contributed by atoms with Crippen LogP contribution in [0.4, 0.5) is 5.69 Å².